The highest BCUT2D eigenvalue weighted by atomic mass is 35.5. The molecule has 0 radical (unpaired) electrons. The van der Waals surface area contributed by atoms with Crippen molar-refractivity contribution in [1.29, 1.82) is 0 Å². The molecular formula is C9H16ClNO2S. The van der Waals surface area contributed by atoms with Gasteiger partial charge in [0.05, 0.1) is 5.75 Å². The lowest BCUT2D eigenvalue weighted by molar-refractivity contribution is 0.576. The summed E-state index contributed by atoms with van der Waals surface area (Å²) in [6.07, 6.45) is 7.88. The molecule has 0 bridgehead atoms. The van der Waals surface area contributed by atoms with Crippen molar-refractivity contribution in [3.8, 4) is 12.3 Å². The Morgan fingerprint density at radius 1 is 1.29 bits per heavy atom. The van der Waals surface area contributed by atoms with Crippen LogP contribution >= 0.6 is 11.6 Å². The zero-order valence-corrected chi connectivity index (χ0v) is 9.70. The Morgan fingerprint density at radius 2 is 2.00 bits per heavy atom. The monoisotopic (exact) mass is 237 g/mol. The molecule has 0 aromatic carbocycles. The second kappa shape index (κ2) is 8.10. The van der Waals surface area contributed by atoms with Gasteiger partial charge in [-0.2, -0.15) is 0 Å². The predicted octanol–water partition coefficient (Wildman–Crippen LogP) is 1.34. The largest absolute Gasteiger partial charge is 0.215 e. The molecule has 0 aromatic heterocycles. The zero-order valence-electron chi connectivity index (χ0n) is 8.13. The van der Waals surface area contributed by atoms with E-state index in [2.05, 4.69) is 10.6 Å². The van der Waals surface area contributed by atoms with Gasteiger partial charge in [-0.25, -0.2) is 13.1 Å². The van der Waals surface area contributed by atoms with E-state index in [0.29, 0.717) is 25.3 Å². The molecule has 0 fully saturated rings. The van der Waals surface area contributed by atoms with Crippen molar-refractivity contribution in [3.63, 3.8) is 0 Å². The van der Waals surface area contributed by atoms with Crippen LogP contribution in [0.3, 0.4) is 0 Å². The standard InChI is InChI=1S/C9H16ClNO2S/c1-2-3-4-5-8-11-14(12,13)9-6-7-10/h1,11H,3-9H2. The van der Waals surface area contributed by atoms with E-state index >= 15 is 0 Å². The number of rotatable bonds is 8. The number of halogens is 1. The summed E-state index contributed by atoms with van der Waals surface area (Å²) in [4.78, 5) is 0. The van der Waals surface area contributed by atoms with Gasteiger partial charge in [-0.15, -0.1) is 23.9 Å². The lowest BCUT2D eigenvalue weighted by atomic mass is 10.2. The van der Waals surface area contributed by atoms with Crippen LogP contribution in [0.25, 0.3) is 0 Å². The van der Waals surface area contributed by atoms with Crippen LogP contribution in [0.15, 0.2) is 0 Å². The van der Waals surface area contributed by atoms with Crippen LogP contribution in [0, 0.1) is 12.3 Å². The third-order valence-corrected chi connectivity index (χ3v) is 3.35. The van der Waals surface area contributed by atoms with E-state index in [4.69, 9.17) is 18.0 Å². The lowest BCUT2D eigenvalue weighted by Gasteiger charge is -2.04. The summed E-state index contributed by atoms with van der Waals surface area (Å²) >= 11 is 5.40. The van der Waals surface area contributed by atoms with Crippen molar-refractivity contribution < 1.29 is 8.42 Å². The number of sulfonamides is 1. The predicted molar refractivity (Wildman–Crippen MR) is 59.8 cm³/mol. The minimum atomic E-state index is -3.12. The van der Waals surface area contributed by atoms with E-state index < -0.39 is 10.0 Å². The SMILES string of the molecule is C#CCCCCNS(=O)(=O)CCCCl. The van der Waals surface area contributed by atoms with Crippen molar-refractivity contribution >= 4 is 21.6 Å². The fourth-order valence-electron chi connectivity index (χ4n) is 0.896. The Kier molecular flexibility index (Phi) is 7.96. The number of unbranched alkanes of at least 4 members (excludes halogenated alkanes) is 2. The fourth-order valence-corrected chi connectivity index (χ4v) is 2.31. The van der Waals surface area contributed by atoms with Gasteiger partial charge in [0, 0.05) is 18.8 Å². The molecule has 0 amide bonds. The Hall–Kier alpha value is -0.240. The maximum absolute atomic E-state index is 11.2. The van der Waals surface area contributed by atoms with Gasteiger partial charge in [-0.3, -0.25) is 0 Å². The molecule has 1 N–H and O–H groups in total. The molecule has 0 heterocycles. The van der Waals surface area contributed by atoms with Gasteiger partial charge in [0.15, 0.2) is 0 Å². The second-order valence-corrected chi connectivity index (χ2v) is 5.22. The molecule has 14 heavy (non-hydrogen) atoms. The number of alkyl halides is 1. The average molecular weight is 238 g/mol. The van der Waals surface area contributed by atoms with Crippen molar-refractivity contribution in [2.75, 3.05) is 18.2 Å². The van der Waals surface area contributed by atoms with Gasteiger partial charge in [-0.05, 0) is 19.3 Å². The highest BCUT2D eigenvalue weighted by Gasteiger charge is 2.07. The molecule has 82 valence electrons. The van der Waals surface area contributed by atoms with E-state index in [0.717, 1.165) is 12.8 Å². The molecule has 3 nitrogen and oxygen atoms in total. The third kappa shape index (κ3) is 8.36. The summed E-state index contributed by atoms with van der Waals surface area (Å²) in [5.74, 6) is 2.98. The van der Waals surface area contributed by atoms with Crippen LogP contribution in [-0.4, -0.2) is 26.6 Å². The summed E-state index contributed by atoms with van der Waals surface area (Å²) in [6, 6.07) is 0. The van der Waals surface area contributed by atoms with E-state index in [1.165, 1.54) is 0 Å². The number of terminal acetylenes is 1. The number of hydrogen-bond donors (Lipinski definition) is 1. The van der Waals surface area contributed by atoms with Crippen molar-refractivity contribution in [1.82, 2.24) is 4.72 Å². The summed E-state index contributed by atoms with van der Waals surface area (Å²) in [5.41, 5.74) is 0. The Bertz CT molecular complexity index is 269. The summed E-state index contributed by atoms with van der Waals surface area (Å²) in [7, 11) is -3.12. The van der Waals surface area contributed by atoms with Gasteiger partial charge in [0.25, 0.3) is 0 Å². The van der Waals surface area contributed by atoms with Crippen LogP contribution in [0.4, 0.5) is 0 Å². The van der Waals surface area contributed by atoms with E-state index in [-0.39, 0.29) is 5.75 Å². The molecule has 0 unspecified atom stereocenters. The lowest BCUT2D eigenvalue weighted by Crippen LogP contribution is -2.27. The Labute approximate surface area is 91.3 Å². The van der Waals surface area contributed by atoms with Crippen molar-refractivity contribution in [3.05, 3.63) is 0 Å². The summed E-state index contributed by atoms with van der Waals surface area (Å²) in [6.45, 7) is 0.465. The van der Waals surface area contributed by atoms with Gasteiger partial charge in [0.2, 0.25) is 10.0 Å². The van der Waals surface area contributed by atoms with Gasteiger partial charge >= 0.3 is 0 Å². The first-order chi connectivity index (χ1) is 6.62. The normalized spacial score (nSPS) is 11.1. The van der Waals surface area contributed by atoms with Crippen LogP contribution in [0.1, 0.15) is 25.7 Å². The topological polar surface area (TPSA) is 46.2 Å². The second-order valence-electron chi connectivity index (χ2n) is 2.92. The minimum Gasteiger partial charge on any atom is -0.215 e. The Balaban J connectivity index is 3.52. The number of hydrogen-bond acceptors (Lipinski definition) is 2. The first kappa shape index (κ1) is 13.8. The molecule has 0 saturated heterocycles. The molecular weight excluding hydrogens is 222 g/mol. The molecule has 0 atom stereocenters. The average Bonchev–Trinajstić information content (AvgIpc) is 2.15. The van der Waals surface area contributed by atoms with E-state index in [9.17, 15) is 8.42 Å². The fraction of sp³-hybridized carbons (Fsp3) is 0.778. The Morgan fingerprint density at radius 3 is 2.57 bits per heavy atom. The van der Waals surface area contributed by atoms with Crippen LogP contribution in [-0.2, 0) is 10.0 Å². The van der Waals surface area contributed by atoms with Gasteiger partial charge < -0.3 is 0 Å². The maximum atomic E-state index is 11.2. The molecule has 0 aliphatic rings. The summed E-state index contributed by atoms with van der Waals surface area (Å²) in [5, 5.41) is 0. The highest BCUT2D eigenvalue weighted by molar-refractivity contribution is 7.89. The van der Waals surface area contributed by atoms with Gasteiger partial charge in [-0.1, -0.05) is 0 Å². The van der Waals surface area contributed by atoms with Gasteiger partial charge in [0.1, 0.15) is 0 Å². The van der Waals surface area contributed by atoms with E-state index in [1.54, 1.807) is 0 Å². The highest BCUT2D eigenvalue weighted by Crippen LogP contribution is 1.95. The van der Waals surface area contributed by atoms with Crippen LogP contribution in [0.5, 0.6) is 0 Å². The van der Waals surface area contributed by atoms with E-state index in [1.807, 2.05) is 0 Å². The minimum absolute atomic E-state index is 0.103. The molecule has 0 saturated carbocycles. The quantitative estimate of drug-likeness (QED) is 0.393. The van der Waals surface area contributed by atoms with Crippen molar-refractivity contribution in [2.45, 2.75) is 25.7 Å². The number of nitrogens with one attached hydrogen (secondary N) is 1. The zero-order chi connectivity index (χ0) is 10.9. The van der Waals surface area contributed by atoms with Crippen LogP contribution < -0.4 is 4.72 Å². The molecule has 5 heteroatoms. The van der Waals surface area contributed by atoms with Crippen LogP contribution in [0.2, 0.25) is 0 Å². The van der Waals surface area contributed by atoms with Crippen molar-refractivity contribution in [2.24, 2.45) is 0 Å². The molecule has 0 aliphatic heterocycles. The summed E-state index contributed by atoms with van der Waals surface area (Å²) < 4.78 is 24.9. The molecule has 0 rings (SSSR count). The molecule has 0 aliphatic carbocycles. The smallest absolute Gasteiger partial charge is 0.211 e. The first-order valence-electron chi connectivity index (χ1n) is 4.59. The molecule has 0 aromatic rings. The molecule has 0 spiro atoms. The first-order valence-corrected chi connectivity index (χ1v) is 6.78. The third-order valence-electron chi connectivity index (χ3n) is 1.62. The maximum Gasteiger partial charge on any atom is 0.211 e.